The van der Waals surface area contributed by atoms with Gasteiger partial charge in [0.25, 0.3) is 0 Å². The Morgan fingerprint density at radius 1 is 1.33 bits per heavy atom. The summed E-state index contributed by atoms with van der Waals surface area (Å²) >= 11 is 0. The standard InChI is InChI=1S/C15H26O3/c1-9-6-7-12-13(9)11(10(2)14(16)17)5-4-8-15(12,3)18/h9-13,18H,4-8H2,1-3H3,(H,16,17)/t9-,10+,11?,12+,13+,15+/m0/s1. The highest BCUT2D eigenvalue weighted by atomic mass is 16.4. The van der Waals surface area contributed by atoms with Gasteiger partial charge >= 0.3 is 5.97 Å². The molecule has 2 N–H and O–H groups in total. The molecule has 0 aromatic rings. The average Bonchev–Trinajstić information content (AvgIpc) is 2.60. The molecular weight excluding hydrogens is 228 g/mol. The van der Waals surface area contributed by atoms with E-state index in [2.05, 4.69) is 6.92 Å². The fourth-order valence-electron chi connectivity index (χ4n) is 4.51. The van der Waals surface area contributed by atoms with Crippen LogP contribution in [0.2, 0.25) is 0 Å². The van der Waals surface area contributed by atoms with Crippen LogP contribution in [-0.2, 0) is 4.79 Å². The summed E-state index contributed by atoms with van der Waals surface area (Å²) < 4.78 is 0. The van der Waals surface area contributed by atoms with Gasteiger partial charge in [-0.15, -0.1) is 0 Å². The number of fused-ring (bicyclic) bond motifs is 1. The van der Waals surface area contributed by atoms with Crippen molar-refractivity contribution in [1.82, 2.24) is 0 Å². The molecule has 2 fully saturated rings. The Morgan fingerprint density at radius 3 is 2.61 bits per heavy atom. The van der Waals surface area contributed by atoms with Crippen molar-refractivity contribution in [3.8, 4) is 0 Å². The van der Waals surface area contributed by atoms with Crippen LogP contribution < -0.4 is 0 Å². The van der Waals surface area contributed by atoms with Crippen LogP contribution in [0.25, 0.3) is 0 Å². The Labute approximate surface area is 110 Å². The summed E-state index contributed by atoms with van der Waals surface area (Å²) in [4.78, 5) is 11.3. The van der Waals surface area contributed by atoms with Gasteiger partial charge < -0.3 is 10.2 Å². The van der Waals surface area contributed by atoms with E-state index in [4.69, 9.17) is 0 Å². The first-order valence-corrected chi connectivity index (χ1v) is 7.30. The summed E-state index contributed by atoms with van der Waals surface area (Å²) in [7, 11) is 0. The number of aliphatic hydroxyl groups is 1. The van der Waals surface area contributed by atoms with Crippen molar-refractivity contribution in [3.63, 3.8) is 0 Å². The molecule has 0 amide bonds. The maximum Gasteiger partial charge on any atom is 0.306 e. The summed E-state index contributed by atoms with van der Waals surface area (Å²) in [5.41, 5.74) is -0.595. The minimum atomic E-state index is -0.681. The van der Waals surface area contributed by atoms with Crippen LogP contribution >= 0.6 is 0 Å². The number of hydrogen-bond donors (Lipinski definition) is 2. The van der Waals surface area contributed by atoms with Crippen molar-refractivity contribution in [2.75, 3.05) is 0 Å². The van der Waals surface area contributed by atoms with E-state index in [-0.39, 0.29) is 11.8 Å². The van der Waals surface area contributed by atoms with Crippen molar-refractivity contribution in [2.24, 2.45) is 29.6 Å². The van der Waals surface area contributed by atoms with E-state index >= 15 is 0 Å². The Kier molecular flexibility index (Phi) is 3.72. The van der Waals surface area contributed by atoms with Crippen LogP contribution in [0.4, 0.5) is 0 Å². The zero-order chi connectivity index (χ0) is 13.5. The van der Waals surface area contributed by atoms with Gasteiger partial charge in [-0.2, -0.15) is 0 Å². The highest BCUT2D eigenvalue weighted by molar-refractivity contribution is 5.69. The van der Waals surface area contributed by atoms with Crippen molar-refractivity contribution < 1.29 is 15.0 Å². The van der Waals surface area contributed by atoms with Crippen molar-refractivity contribution in [3.05, 3.63) is 0 Å². The predicted octanol–water partition coefficient (Wildman–Crippen LogP) is 2.92. The van der Waals surface area contributed by atoms with Crippen LogP contribution in [0.1, 0.15) is 52.9 Å². The Bertz CT molecular complexity index is 324. The smallest absolute Gasteiger partial charge is 0.306 e. The number of hydrogen-bond acceptors (Lipinski definition) is 2. The summed E-state index contributed by atoms with van der Waals surface area (Å²) in [6.07, 6.45) is 4.92. The first-order valence-electron chi connectivity index (χ1n) is 7.30. The lowest BCUT2D eigenvalue weighted by Crippen LogP contribution is -2.40. The van der Waals surface area contributed by atoms with E-state index < -0.39 is 11.6 Å². The third-order valence-electron chi connectivity index (χ3n) is 5.60. The third kappa shape index (κ3) is 2.29. The number of carboxylic acids is 1. The third-order valence-corrected chi connectivity index (χ3v) is 5.60. The highest BCUT2D eigenvalue weighted by Crippen LogP contribution is 2.52. The zero-order valence-corrected chi connectivity index (χ0v) is 11.7. The second kappa shape index (κ2) is 4.84. The minimum Gasteiger partial charge on any atom is -0.481 e. The zero-order valence-electron chi connectivity index (χ0n) is 11.7. The second-order valence-electron chi connectivity index (χ2n) is 6.78. The topological polar surface area (TPSA) is 57.5 Å². The van der Waals surface area contributed by atoms with Crippen LogP contribution in [-0.4, -0.2) is 21.8 Å². The largest absolute Gasteiger partial charge is 0.481 e. The molecule has 2 saturated carbocycles. The second-order valence-corrected chi connectivity index (χ2v) is 6.78. The van der Waals surface area contributed by atoms with Gasteiger partial charge in [-0.3, -0.25) is 4.79 Å². The lowest BCUT2D eigenvalue weighted by atomic mass is 9.70. The maximum absolute atomic E-state index is 11.3. The number of carboxylic acid groups (broad SMARTS) is 1. The molecule has 0 spiro atoms. The molecule has 104 valence electrons. The summed E-state index contributed by atoms with van der Waals surface area (Å²) in [5.74, 6) is 0.493. The van der Waals surface area contributed by atoms with Gasteiger partial charge in [0.2, 0.25) is 0 Å². The molecule has 0 aliphatic heterocycles. The molecule has 2 aliphatic carbocycles. The molecule has 6 atom stereocenters. The van der Waals surface area contributed by atoms with Crippen LogP contribution in [0, 0.1) is 29.6 Å². The normalized spacial score (nSPS) is 46.2. The molecule has 3 heteroatoms. The lowest BCUT2D eigenvalue weighted by molar-refractivity contribution is -0.144. The van der Waals surface area contributed by atoms with Gasteiger partial charge in [-0.25, -0.2) is 0 Å². The average molecular weight is 254 g/mol. The van der Waals surface area contributed by atoms with Crippen LogP contribution in [0.15, 0.2) is 0 Å². The van der Waals surface area contributed by atoms with E-state index in [9.17, 15) is 15.0 Å². The van der Waals surface area contributed by atoms with E-state index in [1.165, 1.54) is 0 Å². The Morgan fingerprint density at radius 2 is 2.00 bits per heavy atom. The molecule has 3 nitrogen and oxygen atoms in total. The van der Waals surface area contributed by atoms with Crippen molar-refractivity contribution in [1.29, 1.82) is 0 Å². The minimum absolute atomic E-state index is 0.235. The number of carbonyl (C=O) groups is 1. The predicted molar refractivity (Wildman–Crippen MR) is 70.1 cm³/mol. The molecule has 2 rings (SSSR count). The molecule has 0 aromatic carbocycles. The fourth-order valence-corrected chi connectivity index (χ4v) is 4.51. The first kappa shape index (κ1) is 13.9. The fraction of sp³-hybridized carbons (Fsp3) is 0.933. The molecular formula is C15H26O3. The van der Waals surface area contributed by atoms with E-state index in [0.29, 0.717) is 17.8 Å². The molecule has 0 saturated heterocycles. The van der Waals surface area contributed by atoms with E-state index in [1.807, 2.05) is 13.8 Å². The van der Waals surface area contributed by atoms with Crippen LogP contribution in [0.5, 0.6) is 0 Å². The van der Waals surface area contributed by atoms with Crippen molar-refractivity contribution >= 4 is 5.97 Å². The highest BCUT2D eigenvalue weighted by Gasteiger charge is 2.50. The molecule has 18 heavy (non-hydrogen) atoms. The first-order chi connectivity index (χ1) is 8.34. The summed E-state index contributed by atoms with van der Waals surface area (Å²) in [6, 6.07) is 0. The molecule has 1 unspecified atom stereocenters. The molecule has 0 bridgehead atoms. The SMILES string of the molecule is C[C@@H](C(=O)O)C1CCC[C@@](C)(O)[C@@H]2CC[C@H](C)[C@H]12. The van der Waals surface area contributed by atoms with Crippen LogP contribution in [0.3, 0.4) is 0 Å². The molecule has 0 heterocycles. The van der Waals surface area contributed by atoms with E-state index in [0.717, 1.165) is 32.1 Å². The van der Waals surface area contributed by atoms with Gasteiger partial charge in [0.1, 0.15) is 0 Å². The monoisotopic (exact) mass is 254 g/mol. The van der Waals surface area contributed by atoms with Gasteiger partial charge in [0.15, 0.2) is 0 Å². The van der Waals surface area contributed by atoms with E-state index in [1.54, 1.807) is 0 Å². The molecule has 0 radical (unpaired) electrons. The number of aliphatic carboxylic acids is 1. The van der Waals surface area contributed by atoms with Gasteiger partial charge in [-0.05, 0) is 49.9 Å². The van der Waals surface area contributed by atoms with Crippen molar-refractivity contribution in [2.45, 2.75) is 58.5 Å². The lowest BCUT2D eigenvalue weighted by Gasteiger charge is -2.37. The van der Waals surface area contributed by atoms with Gasteiger partial charge in [-0.1, -0.05) is 26.7 Å². The molecule has 2 aliphatic rings. The molecule has 0 aromatic heterocycles. The van der Waals surface area contributed by atoms with Gasteiger partial charge in [0.05, 0.1) is 11.5 Å². The summed E-state index contributed by atoms with van der Waals surface area (Å²) in [6.45, 7) is 6.03. The quantitative estimate of drug-likeness (QED) is 0.796. The Balaban J connectivity index is 2.28. The van der Waals surface area contributed by atoms with Gasteiger partial charge in [0, 0.05) is 0 Å². The summed E-state index contributed by atoms with van der Waals surface area (Å²) in [5, 5.41) is 19.9. The number of rotatable bonds is 2. The maximum atomic E-state index is 11.3. The Hall–Kier alpha value is -0.570.